The zero-order valence-corrected chi connectivity index (χ0v) is 22.3. The molecule has 0 aliphatic heterocycles. The van der Waals surface area contributed by atoms with E-state index >= 15 is 0 Å². The van der Waals surface area contributed by atoms with E-state index in [9.17, 15) is 14.7 Å². The first-order valence-corrected chi connectivity index (χ1v) is 11.4. The van der Waals surface area contributed by atoms with Crippen LogP contribution in [-0.2, 0) is 23.5 Å². The van der Waals surface area contributed by atoms with Crippen molar-refractivity contribution in [2.24, 2.45) is 10.6 Å². The molecule has 0 saturated carbocycles. The number of aliphatic hydroxyl groups is 1. The third-order valence-electron chi connectivity index (χ3n) is 2.82. The molecule has 0 aliphatic rings. The van der Waals surface area contributed by atoms with Crippen molar-refractivity contribution < 1.29 is 33.5 Å². The van der Waals surface area contributed by atoms with E-state index in [1.54, 1.807) is 21.0 Å². The second kappa shape index (κ2) is 33.6. The maximum Gasteiger partial charge on any atom is 0.329 e. The fourth-order valence-electron chi connectivity index (χ4n) is 1.19. The van der Waals surface area contributed by atoms with E-state index in [2.05, 4.69) is 25.2 Å². The molecular weight excluding hydrogens is 425 g/mol. The van der Waals surface area contributed by atoms with E-state index in [4.69, 9.17) is 9.42 Å². The van der Waals surface area contributed by atoms with E-state index in [0.717, 1.165) is 25.1 Å². The Hall–Kier alpha value is -1.00. The van der Waals surface area contributed by atoms with E-state index in [-0.39, 0.29) is 6.61 Å². The van der Waals surface area contributed by atoms with Gasteiger partial charge < -0.3 is 44.1 Å². The lowest BCUT2D eigenvalue weighted by Crippen LogP contribution is -2.34. The van der Waals surface area contributed by atoms with Gasteiger partial charge in [-0.25, -0.2) is 0 Å². The molecule has 4 N–H and O–H groups in total. The van der Waals surface area contributed by atoms with Crippen LogP contribution in [0.3, 0.4) is 0 Å². The van der Waals surface area contributed by atoms with Crippen molar-refractivity contribution in [1.82, 2.24) is 10.6 Å². The smallest absolute Gasteiger partial charge is 0.329 e. The minimum atomic E-state index is -1.90. The zero-order chi connectivity index (χ0) is 25.7. The molecule has 0 fully saturated rings. The van der Waals surface area contributed by atoms with E-state index in [1.165, 1.54) is 7.11 Å². The van der Waals surface area contributed by atoms with Crippen LogP contribution in [0.4, 0.5) is 0 Å². The first kappa shape index (κ1) is 40.4. The van der Waals surface area contributed by atoms with E-state index in [1.807, 2.05) is 48.7 Å². The average molecular weight is 474 g/mol. The monoisotopic (exact) mass is 473 g/mol. The van der Waals surface area contributed by atoms with Gasteiger partial charge in [0, 0.05) is 32.0 Å². The summed E-state index contributed by atoms with van der Waals surface area (Å²) in [6.07, 6.45) is 0.857. The fourth-order valence-corrected chi connectivity index (χ4v) is 1.74. The predicted molar refractivity (Wildman–Crippen MR) is 129 cm³/mol. The van der Waals surface area contributed by atoms with Gasteiger partial charge in [0.2, 0.25) is 0 Å². The summed E-state index contributed by atoms with van der Waals surface area (Å²) in [4.78, 5) is 33.2. The van der Waals surface area contributed by atoms with Crippen molar-refractivity contribution in [3.63, 3.8) is 0 Å². The molecule has 2 unspecified atom stereocenters. The highest BCUT2D eigenvalue weighted by Crippen LogP contribution is 2.34. The molecule has 0 amide bonds. The van der Waals surface area contributed by atoms with Crippen molar-refractivity contribution in [1.29, 1.82) is 0 Å². The SMILES string of the molecule is CC.CC.CNC/C(C)=N/OC.CNCCC=O.COP(O)OCC(C)(C)C(O)C=O. The van der Waals surface area contributed by atoms with Gasteiger partial charge in [-0.2, -0.15) is 0 Å². The van der Waals surface area contributed by atoms with Crippen molar-refractivity contribution in [3.05, 3.63) is 0 Å². The molecule has 31 heavy (non-hydrogen) atoms. The Kier molecular flexibility index (Phi) is 43.8. The number of oxime groups is 1. The summed E-state index contributed by atoms with van der Waals surface area (Å²) < 4.78 is 9.35. The normalized spacial score (nSPS) is 12.0. The number of rotatable bonds is 12. The molecule has 0 aliphatic carbocycles. The maximum atomic E-state index is 10.3. The fraction of sp³-hybridized carbons (Fsp3) is 0.850. The van der Waals surface area contributed by atoms with Crippen molar-refractivity contribution in [2.75, 3.05) is 48.0 Å². The molecule has 0 aromatic carbocycles. The molecule has 0 bridgehead atoms. The highest BCUT2D eigenvalue weighted by Gasteiger charge is 2.29. The van der Waals surface area contributed by atoms with Gasteiger partial charge in [-0.15, -0.1) is 0 Å². The van der Waals surface area contributed by atoms with Crippen molar-refractivity contribution in [3.8, 4) is 0 Å². The minimum Gasteiger partial charge on any atom is -0.399 e. The first-order valence-electron chi connectivity index (χ1n) is 10.3. The number of carbonyl (C=O) groups is 2. The second-order valence-electron chi connectivity index (χ2n) is 5.86. The van der Waals surface area contributed by atoms with Crippen LogP contribution in [0.15, 0.2) is 5.16 Å². The molecule has 0 spiro atoms. The second-order valence-corrected chi connectivity index (χ2v) is 6.96. The van der Waals surface area contributed by atoms with Crippen LogP contribution in [0.5, 0.6) is 0 Å². The number of aldehydes is 2. The number of aliphatic hydroxyl groups excluding tert-OH is 1. The standard InChI is InChI=1S/C7H15O5P.C5H12N2O.C4H9NO.2C2H6/c1-7(2,6(9)4-8)5-12-13(10)11-3;1-5(4-6-2)7-8-3;1-5-3-2-4-6;2*1-2/h4,6,9-10H,5H2,1-3H3;6H,4H2,1-3H3;4-5H,2-3H2,1H3;2*1-2H3/b;7-5+;;;. The van der Waals surface area contributed by atoms with E-state index < -0.39 is 20.1 Å². The third kappa shape index (κ3) is 36.7. The lowest BCUT2D eigenvalue weighted by Gasteiger charge is -2.26. The quantitative estimate of drug-likeness (QED) is 0.111. The summed E-state index contributed by atoms with van der Waals surface area (Å²) in [7, 11) is 4.65. The molecule has 0 saturated heterocycles. The number of hydrogen-bond acceptors (Lipinski definition) is 10. The van der Waals surface area contributed by atoms with Crippen LogP contribution >= 0.6 is 8.60 Å². The molecule has 0 aromatic heterocycles. The van der Waals surface area contributed by atoms with Crippen LogP contribution in [0, 0.1) is 5.41 Å². The molecule has 10 nitrogen and oxygen atoms in total. The topological polar surface area (TPSA) is 139 Å². The highest BCUT2D eigenvalue weighted by atomic mass is 31.2. The molecule has 0 heterocycles. The third-order valence-corrected chi connectivity index (χ3v) is 3.49. The van der Waals surface area contributed by atoms with Gasteiger partial charge in [0.15, 0.2) is 0 Å². The molecule has 190 valence electrons. The summed E-state index contributed by atoms with van der Waals surface area (Å²) in [5.74, 6) is 0. The Morgan fingerprint density at radius 1 is 1.13 bits per heavy atom. The largest absolute Gasteiger partial charge is 0.399 e. The first-order chi connectivity index (χ1) is 14.7. The van der Waals surface area contributed by atoms with Gasteiger partial charge in [0.05, 0.1) is 12.3 Å². The Morgan fingerprint density at radius 2 is 1.65 bits per heavy atom. The van der Waals surface area contributed by atoms with Gasteiger partial charge in [0.25, 0.3) is 0 Å². The van der Waals surface area contributed by atoms with Gasteiger partial charge in [-0.3, -0.25) is 0 Å². The number of carbonyl (C=O) groups excluding carboxylic acids is 2. The average Bonchev–Trinajstić information content (AvgIpc) is 2.79. The minimum absolute atomic E-state index is 0.0585. The zero-order valence-electron chi connectivity index (χ0n) is 21.4. The summed E-state index contributed by atoms with van der Waals surface area (Å²) in [5, 5.41) is 18.7. The van der Waals surface area contributed by atoms with Gasteiger partial charge >= 0.3 is 8.60 Å². The molecule has 11 heteroatoms. The predicted octanol–water partition coefficient (Wildman–Crippen LogP) is 2.53. The van der Waals surface area contributed by atoms with Crippen LogP contribution < -0.4 is 10.6 Å². The maximum absolute atomic E-state index is 10.3. The Morgan fingerprint density at radius 3 is 1.94 bits per heavy atom. The summed E-state index contributed by atoms with van der Waals surface area (Å²) in [5.41, 5.74) is 0.235. The Labute approximate surface area is 191 Å². The highest BCUT2D eigenvalue weighted by molar-refractivity contribution is 7.40. The van der Waals surface area contributed by atoms with Crippen molar-refractivity contribution in [2.45, 2.75) is 61.0 Å². The summed E-state index contributed by atoms with van der Waals surface area (Å²) in [6.45, 7) is 14.9. The molecule has 2 atom stereocenters. The summed E-state index contributed by atoms with van der Waals surface area (Å²) >= 11 is 0. The Balaban J connectivity index is -0.000000107. The Bertz CT molecular complexity index is 388. The van der Waals surface area contributed by atoms with Crippen LogP contribution in [0.2, 0.25) is 0 Å². The molecular formula is C20H48N3O7P. The van der Waals surface area contributed by atoms with Crippen LogP contribution in [-0.4, -0.2) is 82.4 Å². The van der Waals surface area contributed by atoms with Gasteiger partial charge in [-0.1, -0.05) is 46.7 Å². The molecule has 0 aromatic rings. The van der Waals surface area contributed by atoms with Crippen LogP contribution in [0.1, 0.15) is 54.9 Å². The number of nitrogens with zero attached hydrogens (tertiary/aromatic N) is 1. The van der Waals surface area contributed by atoms with Gasteiger partial charge in [-0.05, 0) is 21.0 Å². The van der Waals surface area contributed by atoms with Gasteiger partial charge in [0.1, 0.15) is 25.8 Å². The lowest BCUT2D eigenvalue weighted by molar-refractivity contribution is -0.121. The van der Waals surface area contributed by atoms with Crippen molar-refractivity contribution >= 4 is 26.9 Å². The molecule has 0 rings (SSSR count). The molecule has 0 radical (unpaired) electrons. The van der Waals surface area contributed by atoms with Crippen LogP contribution in [0.25, 0.3) is 0 Å². The lowest BCUT2D eigenvalue weighted by atomic mass is 9.88. The number of nitrogens with one attached hydrogen (secondary N) is 2. The summed E-state index contributed by atoms with van der Waals surface area (Å²) in [6, 6.07) is 0. The van der Waals surface area contributed by atoms with E-state index in [0.29, 0.717) is 12.7 Å². The number of hydrogen-bond donors (Lipinski definition) is 4.